The van der Waals surface area contributed by atoms with Crippen molar-refractivity contribution in [3.05, 3.63) is 23.8 Å². The molecule has 16 heavy (non-hydrogen) atoms. The lowest BCUT2D eigenvalue weighted by Gasteiger charge is -2.21. The summed E-state index contributed by atoms with van der Waals surface area (Å²) < 4.78 is 5.33. The number of methoxy groups -OCH3 is 1. The van der Waals surface area contributed by atoms with Gasteiger partial charge < -0.3 is 14.7 Å². The summed E-state index contributed by atoms with van der Waals surface area (Å²) in [6.45, 7) is 5.10. The van der Waals surface area contributed by atoms with Gasteiger partial charge in [-0.2, -0.15) is 0 Å². The Hall–Kier alpha value is -1.22. The summed E-state index contributed by atoms with van der Waals surface area (Å²) in [5.41, 5.74) is 2.31. The summed E-state index contributed by atoms with van der Waals surface area (Å²) >= 11 is 0. The molecular formula is C13H21NO2. The van der Waals surface area contributed by atoms with Gasteiger partial charge >= 0.3 is 0 Å². The molecule has 1 N–H and O–H groups in total. The summed E-state index contributed by atoms with van der Waals surface area (Å²) in [5.74, 6) is 1.36. The molecule has 3 heteroatoms. The molecule has 90 valence electrons. The van der Waals surface area contributed by atoms with Crippen LogP contribution in [0.15, 0.2) is 18.2 Å². The summed E-state index contributed by atoms with van der Waals surface area (Å²) in [6, 6.07) is 6.12. The van der Waals surface area contributed by atoms with Crippen LogP contribution < -0.4 is 9.64 Å². The Kier molecular flexibility index (Phi) is 4.62. The number of hydrogen-bond acceptors (Lipinski definition) is 3. The lowest BCUT2D eigenvalue weighted by atomic mass is 10.0. The van der Waals surface area contributed by atoms with Gasteiger partial charge in [0.1, 0.15) is 5.75 Å². The van der Waals surface area contributed by atoms with Crippen molar-refractivity contribution in [3.8, 4) is 5.75 Å². The van der Waals surface area contributed by atoms with Gasteiger partial charge in [-0.15, -0.1) is 0 Å². The maximum atomic E-state index is 8.91. The van der Waals surface area contributed by atoms with Crippen LogP contribution in [0.25, 0.3) is 0 Å². The fraction of sp³-hybridized carbons (Fsp3) is 0.538. The second-order valence-corrected chi connectivity index (χ2v) is 4.23. The smallest absolute Gasteiger partial charge is 0.122 e. The summed E-state index contributed by atoms with van der Waals surface area (Å²) in [5, 5.41) is 8.91. The minimum absolute atomic E-state index is 0.166. The second kappa shape index (κ2) is 5.75. The molecule has 0 saturated heterocycles. The summed E-state index contributed by atoms with van der Waals surface area (Å²) in [7, 11) is 3.67. The number of nitrogens with zero attached hydrogens (tertiary/aromatic N) is 1. The predicted octanol–water partition coefficient (Wildman–Crippen LogP) is 2.25. The highest BCUT2D eigenvalue weighted by molar-refractivity contribution is 5.53. The molecule has 0 aliphatic carbocycles. The van der Waals surface area contributed by atoms with Crippen LogP contribution >= 0.6 is 0 Å². The maximum Gasteiger partial charge on any atom is 0.122 e. The quantitative estimate of drug-likeness (QED) is 0.831. The number of benzene rings is 1. The van der Waals surface area contributed by atoms with E-state index in [2.05, 4.69) is 19.9 Å². The molecule has 0 heterocycles. The van der Waals surface area contributed by atoms with Crippen molar-refractivity contribution >= 4 is 5.69 Å². The average Bonchev–Trinajstić information content (AvgIpc) is 2.28. The van der Waals surface area contributed by atoms with Gasteiger partial charge in [-0.05, 0) is 29.7 Å². The first-order valence-corrected chi connectivity index (χ1v) is 5.60. The zero-order chi connectivity index (χ0) is 12.1. The minimum Gasteiger partial charge on any atom is -0.496 e. The van der Waals surface area contributed by atoms with Crippen LogP contribution in [0.2, 0.25) is 0 Å². The number of anilines is 1. The molecule has 0 aromatic heterocycles. The third kappa shape index (κ3) is 2.89. The first-order valence-electron chi connectivity index (χ1n) is 5.60. The molecule has 0 fully saturated rings. The number of aliphatic hydroxyl groups is 1. The molecule has 1 aromatic carbocycles. The Morgan fingerprint density at radius 3 is 2.56 bits per heavy atom. The van der Waals surface area contributed by atoms with E-state index in [9.17, 15) is 0 Å². The Labute approximate surface area is 97.7 Å². The van der Waals surface area contributed by atoms with Crippen LogP contribution in [-0.4, -0.2) is 32.4 Å². The normalized spacial score (nSPS) is 10.6. The van der Waals surface area contributed by atoms with Crippen LogP contribution in [0.5, 0.6) is 5.75 Å². The molecule has 0 radical (unpaired) electrons. The van der Waals surface area contributed by atoms with Crippen LogP contribution in [0.4, 0.5) is 5.69 Å². The van der Waals surface area contributed by atoms with E-state index >= 15 is 0 Å². The number of rotatable bonds is 5. The zero-order valence-electron chi connectivity index (χ0n) is 10.5. The first-order chi connectivity index (χ1) is 7.60. The Balaban J connectivity index is 3.01. The third-order valence-electron chi connectivity index (χ3n) is 2.71. The van der Waals surface area contributed by atoms with E-state index in [0.29, 0.717) is 12.5 Å². The van der Waals surface area contributed by atoms with Gasteiger partial charge in [0.2, 0.25) is 0 Å². The van der Waals surface area contributed by atoms with Crippen molar-refractivity contribution in [2.24, 2.45) is 0 Å². The van der Waals surface area contributed by atoms with Crippen LogP contribution in [-0.2, 0) is 0 Å². The molecule has 0 amide bonds. The van der Waals surface area contributed by atoms with Gasteiger partial charge in [-0.3, -0.25) is 0 Å². The molecule has 0 bridgehead atoms. The topological polar surface area (TPSA) is 32.7 Å². The van der Waals surface area contributed by atoms with E-state index in [1.165, 1.54) is 5.56 Å². The molecular weight excluding hydrogens is 202 g/mol. The Morgan fingerprint density at radius 1 is 1.38 bits per heavy atom. The lowest BCUT2D eigenvalue weighted by Crippen LogP contribution is -2.21. The highest BCUT2D eigenvalue weighted by Gasteiger charge is 2.09. The van der Waals surface area contributed by atoms with E-state index in [1.807, 2.05) is 24.1 Å². The summed E-state index contributed by atoms with van der Waals surface area (Å²) in [4.78, 5) is 2.03. The van der Waals surface area contributed by atoms with Crippen LogP contribution in [0, 0.1) is 0 Å². The van der Waals surface area contributed by atoms with Crippen molar-refractivity contribution in [2.45, 2.75) is 19.8 Å². The molecule has 3 nitrogen and oxygen atoms in total. The average molecular weight is 223 g/mol. The van der Waals surface area contributed by atoms with Gasteiger partial charge in [0.15, 0.2) is 0 Å². The third-order valence-corrected chi connectivity index (χ3v) is 2.71. The lowest BCUT2D eigenvalue weighted by molar-refractivity contribution is 0.304. The molecule has 0 atom stereocenters. The molecule has 0 unspecified atom stereocenters. The fourth-order valence-electron chi connectivity index (χ4n) is 1.69. The van der Waals surface area contributed by atoms with E-state index in [0.717, 1.165) is 11.4 Å². The maximum absolute atomic E-state index is 8.91. The predicted molar refractivity (Wildman–Crippen MR) is 67.4 cm³/mol. The highest BCUT2D eigenvalue weighted by Crippen LogP contribution is 2.30. The molecule has 0 saturated carbocycles. The van der Waals surface area contributed by atoms with Crippen molar-refractivity contribution < 1.29 is 9.84 Å². The Bertz CT molecular complexity index is 337. The van der Waals surface area contributed by atoms with Crippen molar-refractivity contribution in [3.63, 3.8) is 0 Å². The number of likely N-dealkylation sites (N-methyl/N-ethyl adjacent to an activating group) is 1. The van der Waals surface area contributed by atoms with Crippen molar-refractivity contribution in [1.82, 2.24) is 0 Å². The van der Waals surface area contributed by atoms with Gasteiger partial charge in [-0.25, -0.2) is 0 Å². The number of aliphatic hydroxyl groups excluding tert-OH is 1. The first kappa shape index (κ1) is 12.8. The van der Waals surface area contributed by atoms with E-state index in [-0.39, 0.29) is 6.61 Å². The molecule has 0 aliphatic rings. The second-order valence-electron chi connectivity index (χ2n) is 4.23. The van der Waals surface area contributed by atoms with Gasteiger partial charge in [0.25, 0.3) is 0 Å². The van der Waals surface area contributed by atoms with Gasteiger partial charge in [0, 0.05) is 19.3 Å². The van der Waals surface area contributed by atoms with Crippen LogP contribution in [0.1, 0.15) is 25.3 Å². The van der Waals surface area contributed by atoms with E-state index < -0.39 is 0 Å². The summed E-state index contributed by atoms with van der Waals surface area (Å²) in [6.07, 6.45) is 0. The van der Waals surface area contributed by atoms with E-state index in [4.69, 9.17) is 9.84 Å². The number of ether oxygens (including phenoxy) is 1. The van der Waals surface area contributed by atoms with Gasteiger partial charge in [0.05, 0.1) is 13.7 Å². The molecule has 1 rings (SSSR count). The van der Waals surface area contributed by atoms with Crippen molar-refractivity contribution in [1.29, 1.82) is 0 Å². The molecule has 0 aliphatic heterocycles. The molecule has 1 aromatic rings. The van der Waals surface area contributed by atoms with Crippen LogP contribution in [0.3, 0.4) is 0 Å². The number of hydrogen-bond donors (Lipinski definition) is 1. The zero-order valence-corrected chi connectivity index (χ0v) is 10.5. The minimum atomic E-state index is 0.166. The van der Waals surface area contributed by atoms with E-state index in [1.54, 1.807) is 7.11 Å². The monoisotopic (exact) mass is 223 g/mol. The Morgan fingerprint density at radius 2 is 2.06 bits per heavy atom. The SMILES string of the molecule is COc1ccc(N(C)CCO)cc1C(C)C. The largest absolute Gasteiger partial charge is 0.496 e. The fourth-order valence-corrected chi connectivity index (χ4v) is 1.69. The molecule has 0 spiro atoms. The standard InChI is InChI=1S/C13H21NO2/c1-10(2)12-9-11(14(3)7-8-15)5-6-13(12)16-4/h5-6,9-10,15H,7-8H2,1-4H3. The van der Waals surface area contributed by atoms with Crippen molar-refractivity contribution in [2.75, 3.05) is 32.2 Å². The highest BCUT2D eigenvalue weighted by atomic mass is 16.5. The van der Waals surface area contributed by atoms with Gasteiger partial charge in [-0.1, -0.05) is 13.8 Å².